The first-order chi connectivity index (χ1) is 8.65. The normalized spacial score (nSPS) is 19.4. The van der Waals surface area contributed by atoms with Crippen molar-refractivity contribution in [3.63, 3.8) is 0 Å². The minimum Gasteiger partial charge on any atom is -0.352 e. The fourth-order valence-electron chi connectivity index (χ4n) is 2.36. The quantitative estimate of drug-likeness (QED) is 0.832. The molecule has 1 aromatic heterocycles. The summed E-state index contributed by atoms with van der Waals surface area (Å²) in [4.78, 5) is 14.3. The molecular formula is C12H12ClN3OS. The number of hydrogen-bond donors (Lipinski definition) is 2. The maximum Gasteiger partial charge on any atom is 0.220 e. The molecule has 2 N–H and O–H groups in total. The lowest BCUT2D eigenvalue weighted by atomic mass is 10.2. The van der Waals surface area contributed by atoms with Gasteiger partial charge in [0, 0.05) is 19.0 Å². The number of carbonyl (C=O) groups is 1. The van der Waals surface area contributed by atoms with E-state index >= 15 is 0 Å². The molecule has 4 nitrogen and oxygen atoms in total. The van der Waals surface area contributed by atoms with Gasteiger partial charge in [-0.3, -0.25) is 4.79 Å². The standard InChI is InChI=1S/C12H12ClN3OS/c13-8-2-1-3-9-11(8)15-12(18)16(9)6-7-4-5-10(17)14-7/h1-3,7H,4-6H2,(H,14,17)(H,15,18). The second kappa shape index (κ2) is 4.40. The molecule has 0 spiro atoms. The van der Waals surface area contributed by atoms with Crippen molar-refractivity contribution in [3.8, 4) is 0 Å². The highest BCUT2D eigenvalue weighted by atomic mass is 35.5. The molecule has 0 bridgehead atoms. The van der Waals surface area contributed by atoms with Gasteiger partial charge in [0.25, 0.3) is 0 Å². The van der Waals surface area contributed by atoms with Crippen LogP contribution in [0.15, 0.2) is 18.2 Å². The molecule has 1 aromatic carbocycles. The van der Waals surface area contributed by atoms with E-state index in [0.717, 1.165) is 17.5 Å². The zero-order chi connectivity index (χ0) is 12.7. The Hall–Kier alpha value is -1.33. The second-order valence-corrected chi connectivity index (χ2v) is 5.27. The zero-order valence-corrected chi connectivity index (χ0v) is 11.1. The summed E-state index contributed by atoms with van der Waals surface area (Å²) in [6.45, 7) is 0.685. The van der Waals surface area contributed by atoms with Crippen LogP contribution in [-0.4, -0.2) is 21.5 Å². The van der Waals surface area contributed by atoms with E-state index < -0.39 is 0 Å². The van der Waals surface area contributed by atoms with Crippen molar-refractivity contribution in [2.45, 2.75) is 25.4 Å². The highest BCUT2D eigenvalue weighted by Crippen LogP contribution is 2.23. The van der Waals surface area contributed by atoms with E-state index in [1.807, 2.05) is 22.8 Å². The summed E-state index contributed by atoms with van der Waals surface area (Å²) in [7, 11) is 0. The van der Waals surface area contributed by atoms with Crippen LogP contribution in [0.3, 0.4) is 0 Å². The van der Waals surface area contributed by atoms with Gasteiger partial charge in [0.1, 0.15) is 0 Å². The number of rotatable bonds is 2. The number of carbonyl (C=O) groups excluding carboxylic acids is 1. The Morgan fingerprint density at radius 2 is 2.33 bits per heavy atom. The molecule has 3 rings (SSSR count). The number of nitrogens with zero attached hydrogens (tertiary/aromatic N) is 1. The molecule has 2 aromatic rings. The van der Waals surface area contributed by atoms with E-state index in [0.29, 0.717) is 22.8 Å². The van der Waals surface area contributed by atoms with Gasteiger partial charge in [0.2, 0.25) is 5.91 Å². The molecule has 1 aliphatic heterocycles. The fourth-order valence-corrected chi connectivity index (χ4v) is 2.85. The third-order valence-electron chi connectivity index (χ3n) is 3.25. The van der Waals surface area contributed by atoms with Gasteiger partial charge in [-0.2, -0.15) is 0 Å². The molecule has 0 saturated carbocycles. The Morgan fingerprint density at radius 3 is 3.06 bits per heavy atom. The lowest BCUT2D eigenvalue weighted by molar-refractivity contribution is -0.119. The van der Waals surface area contributed by atoms with E-state index in [1.165, 1.54) is 0 Å². The van der Waals surface area contributed by atoms with Crippen LogP contribution in [0.2, 0.25) is 5.02 Å². The summed E-state index contributed by atoms with van der Waals surface area (Å²) < 4.78 is 2.63. The zero-order valence-electron chi connectivity index (χ0n) is 9.57. The van der Waals surface area contributed by atoms with Crippen LogP contribution in [-0.2, 0) is 11.3 Å². The van der Waals surface area contributed by atoms with Gasteiger partial charge in [0.15, 0.2) is 4.77 Å². The van der Waals surface area contributed by atoms with Crippen molar-refractivity contribution >= 4 is 40.8 Å². The number of halogens is 1. The molecule has 1 atom stereocenters. The van der Waals surface area contributed by atoms with Gasteiger partial charge < -0.3 is 14.9 Å². The SMILES string of the molecule is O=C1CCC(Cn2c(=S)[nH]c3c(Cl)cccc32)N1. The molecule has 18 heavy (non-hydrogen) atoms. The molecular weight excluding hydrogens is 270 g/mol. The average molecular weight is 282 g/mol. The number of para-hydroxylation sites is 1. The third-order valence-corrected chi connectivity index (χ3v) is 3.88. The van der Waals surface area contributed by atoms with Gasteiger partial charge >= 0.3 is 0 Å². The summed E-state index contributed by atoms with van der Waals surface area (Å²) in [5.74, 6) is 0.115. The van der Waals surface area contributed by atoms with Gasteiger partial charge in [0.05, 0.1) is 16.1 Å². The Morgan fingerprint density at radius 1 is 1.50 bits per heavy atom. The van der Waals surface area contributed by atoms with E-state index in [9.17, 15) is 4.79 Å². The first-order valence-electron chi connectivity index (χ1n) is 5.81. The average Bonchev–Trinajstić information content (AvgIpc) is 2.87. The summed E-state index contributed by atoms with van der Waals surface area (Å²) in [6.07, 6.45) is 1.45. The molecule has 1 unspecified atom stereocenters. The molecule has 1 saturated heterocycles. The van der Waals surface area contributed by atoms with Gasteiger partial charge in [-0.25, -0.2) is 0 Å². The summed E-state index contributed by atoms with van der Waals surface area (Å²) in [6, 6.07) is 5.86. The number of amides is 1. The van der Waals surface area contributed by atoms with Crippen LogP contribution in [0, 0.1) is 4.77 Å². The summed E-state index contributed by atoms with van der Waals surface area (Å²) in [5.41, 5.74) is 1.84. The smallest absolute Gasteiger partial charge is 0.220 e. The molecule has 0 aliphatic carbocycles. The minimum atomic E-state index is 0.115. The van der Waals surface area contributed by atoms with Crippen LogP contribution >= 0.6 is 23.8 Å². The second-order valence-electron chi connectivity index (χ2n) is 4.48. The van der Waals surface area contributed by atoms with E-state index in [4.69, 9.17) is 23.8 Å². The van der Waals surface area contributed by atoms with Crippen molar-refractivity contribution < 1.29 is 4.79 Å². The first-order valence-corrected chi connectivity index (χ1v) is 6.60. The van der Waals surface area contributed by atoms with Crippen LogP contribution < -0.4 is 5.32 Å². The predicted octanol–water partition coefficient (Wildman–Crippen LogP) is 2.63. The Bertz CT molecular complexity index is 676. The van der Waals surface area contributed by atoms with E-state index in [1.54, 1.807) is 0 Å². The monoisotopic (exact) mass is 281 g/mol. The van der Waals surface area contributed by atoms with Crippen molar-refractivity contribution in [2.75, 3.05) is 0 Å². The van der Waals surface area contributed by atoms with Crippen molar-refractivity contribution in [2.24, 2.45) is 0 Å². The number of benzene rings is 1. The lowest BCUT2D eigenvalue weighted by Crippen LogP contribution is -2.29. The Balaban J connectivity index is 2.01. The number of aromatic nitrogens is 2. The van der Waals surface area contributed by atoms with Crippen molar-refractivity contribution in [3.05, 3.63) is 28.0 Å². The lowest BCUT2D eigenvalue weighted by Gasteiger charge is -2.11. The van der Waals surface area contributed by atoms with Crippen LogP contribution in [0.4, 0.5) is 0 Å². The van der Waals surface area contributed by atoms with Crippen molar-refractivity contribution in [1.82, 2.24) is 14.9 Å². The van der Waals surface area contributed by atoms with Gasteiger partial charge in [-0.1, -0.05) is 17.7 Å². The predicted molar refractivity (Wildman–Crippen MR) is 73.3 cm³/mol. The molecule has 2 heterocycles. The number of H-pyrrole nitrogens is 1. The summed E-state index contributed by atoms with van der Waals surface area (Å²) in [5, 5.41) is 3.61. The molecule has 6 heteroatoms. The third kappa shape index (κ3) is 1.93. The fraction of sp³-hybridized carbons (Fsp3) is 0.333. The highest BCUT2D eigenvalue weighted by molar-refractivity contribution is 7.71. The van der Waals surface area contributed by atoms with E-state index in [2.05, 4.69) is 10.3 Å². The Kier molecular flexibility index (Phi) is 2.87. The molecule has 1 fully saturated rings. The minimum absolute atomic E-state index is 0.115. The number of nitrogens with one attached hydrogen (secondary N) is 2. The molecule has 94 valence electrons. The van der Waals surface area contributed by atoms with Crippen molar-refractivity contribution in [1.29, 1.82) is 0 Å². The van der Waals surface area contributed by atoms with Crippen LogP contribution in [0.1, 0.15) is 12.8 Å². The maximum atomic E-state index is 11.2. The summed E-state index contributed by atoms with van der Waals surface area (Å²) >= 11 is 11.4. The van der Waals surface area contributed by atoms with Crippen LogP contribution in [0.25, 0.3) is 11.0 Å². The number of hydrogen-bond acceptors (Lipinski definition) is 2. The number of aromatic amines is 1. The topological polar surface area (TPSA) is 49.8 Å². The molecule has 1 amide bonds. The Labute approximate surface area is 114 Å². The van der Waals surface area contributed by atoms with Gasteiger partial charge in [-0.15, -0.1) is 0 Å². The molecule has 0 radical (unpaired) electrons. The maximum absolute atomic E-state index is 11.2. The number of fused-ring (bicyclic) bond motifs is 1. The molecule has 1 aliphatic rings. The van der Waals surface area contributed by atoms with Gasteiger partial charge in [-0.05, 0) is 30.8 Å². The number of imidazole rings is 1. The first kappa shape index (κ1) is 11.7. The highest BCUT2D eigenvalue weighted by Gasteiger charge is 2.22. The van der Waals surface area contributed by atoms with Crippen LogP contribution in [0.5, 0.6) is 0 Å². The largest absolute Gasteiger partial charge is 0.352 e. The van der Waals surface area contributed by atoms with E-state index in [-0.39, 0.29) is 11.9 Å².